The van der Waals surface area contributed by atoms with Crippen LogP contribution in [-0.2, 0) is 11.2 Å². The highest BCUT2D eigenvalue weighted by atomic mass is 16.2. The Morgan fingerprint density at radius 3 is 2.39 bits per heavy atom. The minimum atomic E-state index is -0.0228. The van der Waals surface area contributed by atoms with Crippen LogP contribution < -0.4 is 5.32 Å². The Hall–Kier alpha value is -1.39. The lowest BCUT2D eigenvalue weighted by atomic mass is 9.89. The van der Waals surface area contributed by atoms with E-state index in [9.17, 15) is 4.79 Å². The molecular formula is C19H29N3O. The zero-order valence-electron chi connectivity index (χ0n) is 14.3. The van der Waals surface area contributed by atoms with Crippen molar-refractivity contribution in [3.05, 3.63) is 35.9 Å². The number of nitrogens with zero attached hydrogens (tertiary/aromatic N) is 2. The molecule has 2 fully saturated rings. The molecule has 3 rings (SSSR count). The topological polar surface area (TPSA) is 35.6 Å². The predicted molar refractivity (Wildman–Crippen MR) is 93.4 cm³/mol. The number of benzene rings is 1. The molecule has 4 nitrogen and oxygen atoms in total. The summed E-state index contributed by atoms with van der Waals surface area (Å²) in [5.41, 5.74) is 1.31. The third-order valence-electron chi connectivity index (χ3n) is 5.31. The summed E-state index contributed by atoms with van der Waals surface area (Å²) in [7, 11) is 2.14. The number of rotatable bonds is 5. The van der Waals surface area contributed by atoms with E-state index >= 15 is 0 Å². The smallest absolute Gasteiger partial charge is 0.234 e. The van der Waals surface area contributed by atoms with Crippen molar-refractivity contribution in [1.29, 1.82) is 0 Å². The van der Waals surface area contributed by atoms with Crippen molar-refractivity contribution in [3.63, 3.8) is 0 Å². The maximum atomic E-state index is 12.6. The molecule has 0 radical (unpaired) electrons. The van der Waals surface area contributed by atoms with E-state index in [1.807, 2.05) is 0 Å². The van der Waals surface area contributed by atoms with Gasteiger partial charge in [0.1, 0.15) is 0 Å². The fourth-order valence-electron chi connectivity index (χ4n) is 3.93. The van der Waals surface area contributed by atoms with Crippen LogP contribution >= 0.6 is 0 Å². The number of piperazine rings is 1. The summed E-state index contributed by atoms with van der Waals surface area (Å²) >= 11 is 0. The number of carbonyl (C=O) groups excluding carboxylic acids is 1. The van der Waals surface area contributed by atoms with E-state index in [1.54, 1.807) is 0 Å². The van der Waals surface area contributed by atoms with Crippen LogP contribution in [0.4, 0.5) is 0 Å². The standard InChI is InChI=1S/C19H29N3O/c1-21-11-13-22(14-12-21)16-18(23)20-19(9-5-6-10-19)15-17-7-3-2-4-8-17/h2-4,7-8H,5-6,9-16H2,1H3,(H,20,23). The fourth-order valence-corrected chi connectivity index (χ4v) is 3.93. The van der Waals surface area contributed by atoms with Gasteiger partial charge in [0.05, 0.1) is 6.54 Å². The molecule has 0 unspecified atom stereocenters. The normalized spacial score (nSPS) is 22.1. The molecule has 23 heavy (non-hydrogen) atoms. The minimum absolute atomic E-state index is 0.0228. The van der Waals surface area contributed by atoms with Gasteiger partial charge in [-0.3, -0.25) is 9.69 Å². The molecule has 0 bridgehead atoms. The van der Waals surface area contributed by atoms with Crippen molar-refractivity contribution in [2.45, 2.75) is 37.6 Å². The highest BCUT2D eigenvalue weighted by molar-refractivity contribution is 5.79. The molecule has 1 aliphatic heterocycles. The Morgan fingerprint density at radius 2 is 1.74 bits per heavy atom. The summed E-state index contributed by atoms with van der Waals surface area (Å²) in [4.78, 5) is 17.2. The molecule has 1 N–H and O–H groups in total. The molecule has 1 aromatic rings. The molecule has 0 spiro atoms. The molecular weight excluding hydrogens is 286 g/mol. The van der Waals surface area contributed by atoms with E-state index in [1.165, 1.54) is 18.4 Å². The maximum Gasteiger partial charge on any atom is 0.234 e. The van der Waals surface area contributed by atoms with Gasteiger partial charge in [-0.15, -0.1) is 0 Å². The molecule has 126 valence electrons. The molecule has 4 heteroatoms. The Bertz CT molecular complexity index is 503. The number of amides is 1. The van der Waals surface area contributed by atoms with Crippen LogP contribution in [0, 0.1) is 0 Å². The largest absolute Gasteiger partial charge is 0.349 e. The zero-order valence-corrected chi connectivity index (χ0v) is 14.3. The van der Waals surface area contributed by atoms with Gasteiger partial charge in [-0.2, -0.15) is 0 Å². The highest BCUT2D eigenvalue weighted by Crippen LogP contribution is 2.32. The molecule has 1 amide bonds. The van der Waals surface area contributed by atoms with Gasteiger partial charge in [-0.25, -0.2) is 0 Å². The second kappa shape index (κ2) is 7.45. The molecule has 1 aliphatic carbocycles. The minimum Gasteiger partial charge on any atom is -0.349 e. The average Bonchev–Trinajstić information content (AvgIpc) is 2.98. The van der Waals surface area contributed by atoms with Crippen molar-refractivity contribution < 1.29 is 4.79 Å². The third-order valence-corrected chi connectivity index (χ3v) is 5.31. The van der Waals surface area contributed by atoms with Crippen LogP contribution in [0.3, 0.4) is 0 Å². The van der Waals surface area contributed by atoms with E-state index in [-0.39, 0.29) is 11.4 Å². The van der Waals surface area contributed by atoms with Gasteiger partial charge in [0.25, 0.3) is 0 Å². The van der Waals surface area contributed by atoms with E-state index in [0.717, 1.165) is 45.4 Å². The van der Waals surface area contributed by atoms with E-state index in [0.29, 0.717) is 6.54 Å². The van der Waals surface area contributed by atoms with Crippen LogP contribution in [0.15, 0.2) is 30.3 Å². The van der Waals surface area contributed by atoms with E-state index in [2.05, 4.69) is 52.5 Å². The second-order valence-corrected chi connectivity index (χ2v) is 7.28. The molecule has 2 aliphatic rings. The lowest BCUT2D eigenvalue weighted by Gasteiger charge is -2.34. The molecule has 1 saturated heterocycles. The van der Waals surface area contributed by atoms with Crippen LogP contribution in [0.1, 0.15) is 31.2 Å². The van der Waals surface area contributed by atoms with Crippen molar-refractivity contribution in [1.82, 2.24) is 15.1 Å². The van der Waals surface area contributed by atoms with Crippen LogP contribution in [-0.4, -0.2) is 61.0 Å². The van der Waals surface area contributed by atoms with Crippen molar-refractivity contribution in [2.24, 2.45) is 0 Å². The lowest BCUT2D eigenvalue weighted by Crippen LogP contribution is -2.53. The third kappa shape index (κ3) is 4.55. The first-order valence-corrected chi connectivity index (χ1v) is 8.91. The summed E-state index contributed by atoms with van der Waals surface area (Å²) in [6, 6.07) is 10.6. The first-order chi connectivity index (χ1) is 11.2. The van der Waals surface area contributed by atoms with Crippen LogP contribution in [0.25, 0.3) is 0 Å². The number of hydrogen-bond acceptors (Lipinski definition) is 3. The monoisotopic (exact) mass is 315 g/mol. The SMILES string of the molecule is CN1CCN(CC(=O)NC2(Cc3ccccc3)CCCC2)CC1. The summed E-state index contributed by atoms with van der Waals surface area (Å²) in [5.74, 6) is 0.201. The number of carbonyl (C=O) groups is 1. The highest BCUT2D eigenvalue weighted by Gasteiger charge is 2.35. The molecule has 1 aromatic carbocycles. The summed E-state index contributed by atoms with van der Waals surface area (Å²) in [6.45, 7) is 4.65. The predicted octanol–water partition coefficient (Wildman–Crippen LogP) is 1.91. The average molecular weight is 315 g/mol. The van der Waals surface area contributed by atoms with Gasteiger partial charge < -0.3 is 10.2 Å². The van der Waals surface area contributed by atoms with E-state index in [4.69, 9.17) is 0 Å². The van der Waals surface area contributed by atoms with E-state index < -0.39 is 0 Å². The van der Waals surface area contributed by atoms with Crippen LogP contribution in [0.2, 0.25) is 0 Å². The van der Waals surface area contributed by atoms with Gasteiger partial charge in [0, 0.05) is 31.7 Å². The first kappa shape index (κ1) is 16.5. The van der Waals surface area contributed by atoms with Gasteiger partial charge in [0.15, 0.2) is 0 Å². The van der Waals surface area contributed by atoms with Gasteiger partial charge in [0.2, 0.25) is 5.91 Å². The number of nitrogens with one attached hydrogen (secondary N) is 1. The second-order valence-electron chi connectivity index (χ2n) is 7.28. The first-order valence-electron chi connectivity index (χ1n) is 8.91. The molecule has 1 heterocycles. The number of likely N-dealkylation sites (N-methyl/N-ethyl adjacent to an activating group) is 1. The molecule has 0 aromatic heterocycles. The Balaban J connectivity index is 1.57. The maximum absolute atomic E-state index is 12.6. The summed E-state index contributed by atoms with van der Waals surface area (Å²) in [5, 5.41) is 3.41. The molecule has 0 atom stereocenters. The van der Waals surface area contributed by atoms with Crippen molar-refractivity contribution in [2.75, 3.05) is 39.8 Å². The van der Waals surface area contributed by atoms with Gasteiger partial charge >= 0.3 is 0 Å². The summed E-state index contributed by atoms with van der Waals surface area (Å²) < 4.78 is 0. The number of hydrogen-bond donors (Lipinski definition) is 1. The van der Waals surface area contributed by atoms with Gasteiger partial charge in [-0.05, 0) is 31.9 Å². The van der Waals surface area contributed by atoms with Crippen LogP contribution in [0.5, 0.6) is 0 Å². The van der Waals surface area contributed by atoms with Gasteiger partial charge in [-0.1, -0.05) is 43.2 Å². The van der Waals surface area contributed by atoms with Crippen molar-refractivity contribution >= 4 is 5.91 Å². The Labute approximate surface area is 139 Å². The summed E-state index contributed by atoms with van der Waals surface area (Å²) in [6.07, 6.45) is 5.62. The Morgan fingerprint density at radius 1 is 1.09 bits per heavy atom. The quantitative estimate of drug-likeness (QED) is 0.901. The fraction of sp³-hybridized carbons (Fsp3) is 0.632. The Kier molecular flexibility index (Phi) is 5.34. The zero-order chi connectivity index (χ0) is 16.1. The van der Waals surface area contributed by atoms with Crippen molar-refractivity contribution in [3.8, 4) is 0 Å². The lowest BCUT2D eigenvalue weighted by molar-refractivity contribution is -0.124. The molecule has 1 saturated carbocycles.